The highest BCUT2D eigenvalue weighted by Crippen LogP contribution is 2.16. The highest BCUT2D eigenvalue weighted by atomic mass is 16.6. The van der Waals surface area contributed by atoms with Crippen molar-refractivity contribution >= 4 is 23.2 Å². The summed E-state index contributed by atoms with van der Waals surface area (Å²) in [6, 6.07) is 8.70. The molecule has 132 valence electrons. The molecule has 3 N–H and O–H groups in total. The number of hydrogen-bond acceptors (Lipinski definition) is 5. The van der Waals surface area contributed by atoms with Gasteiger partial charge in [-0.25, -0.2) is 0 Å². The lowest BCUT2D eigenvalue weighted by atomic mass is 10.2. The number of rotatable bonds is 6. The Morgan fingerprint density at radius 2 is 1.92 bits per heavy atom. The molecule has 2 rings (SSSR count). The van der Waals surface area contributed by atoms with E-state index in [0.717, 1.165) is 0 Å². The molecule has 0 saturated heterocycles. The maximum atomic E-state index is 11.8. The van der Waals surface area contributed by atoms with Gasteiger partial charge in [0.1, 0.15) is 0 Å². The van der Waals surface area contributed by atoms with E-state index in [1.807, 2.05) is 0 Å². The number of nitro groups is 1. The van der Waals surface area contributed by atoms with Gasteiger partial charge in [-0.2, -0.15) is 0 Å². The van der Waals surface area contributed by atoms with Gasteiger partial charge < -0.3 is 20.3 Å². The second-order valence-electron chi connectivity index (χ2n) is 5.36. The molecule has 1 atom stereocenters. The molecule has 0 aliphatic heterocycles. The number of nitro benzene ring substituents is 1. The van der Waals surface area contributed by atoms with Gasteiger partial charge >= 0.3 is 11.8 Å². The molecule has 9 nitrogen and oxygen atoms in total. The zero-order valence-electron chi connectivity index (χ0n) is 13.5. The lowest BCUT2D eigenvalue weighted by Gasteiger charge is -2.12. The lowest BCUT2D eigenvalue weighted by molar-refractivity contribution is -0.384. The largest absolute Gasteiger partial charge is 0.387 e. The van der Waals surface area contributed by atoms with E-state index < -0.39 is 22.8 Å². The summed E-state index contributed by atoms with van der Waals surface area (Å²) in [5, 5.41) is 25.3. The molecule has 0 fully saturated rings. The van der Waals surface area contributed by atoms with Crippen molar-refractivity contribution in [3.8, 4) is 0 Å². The SMILES string of the molecule is Cn1cccc1C(O)CCNC(=O)C(=O)Nc1ccc([N+](=O)[O-])cc1. The molecular formula is C16H18N4O5. The van der Waals surface area contributed by atoms with Crippen molar-refractivity contribution in [2.75, 3.05) is 11.9 Å². The van der Waals surface area contributed by atoms with Crippen LogP contribution in [0.2, 0.25) is 0 Å². The van der Waals surface area contributed by atoms with Crippen molar-refractivity contribution in [1.29, 1.82) is 0 Å². The fourth-order valence-electron chi connectivity index (χ4n) is 2.23. The summed E-state index contributed by atoms with van der Waals surface area (Å²) in [6.07, 6.45) is 1.31. The zero-order chi connectivity index (χ0) is 18.4. The van der Waals surface area contributed by atoms with Crippen LogP contribution in [0.1, 0.15) is 18.2 Å². The van der Waals surface area contributed by atoms with E-state index in [0.29, 0.717) is 5.69 Å². The summed E-state index contributed by atoms with van der Waals surface area (Å²) in [5.41, 5.74) is 0.872. The normalized spacial score (nSPS) is 11.6. The van der Waals surface area contributed by atoms with Gasteiger partial charge in [0.05, 0.1) is 11.0 Å². The molecule has 1 heterocycles. The summed E-state index contributed by atoms with van der Waals surface area (Å²) in [7, 11) is 1.80. The number of hydrogen-bond donors (Lipinski definition) is 3. The fraction of sp³-hybridized carbons (Fsp3) is 0.250. The number of anilines is 1. The highest BCUT2D eigenvalue weighted by Gasteiger charge is 2.16. The molecule has 1 aromatic heterocycles. The molecule has 0 aliphatic rings. The Morgan fingerprint density at radius 1 is 1.24 bits per heavy atom. The first-order valence-electron chi connectivity index (χ1n) is 7.51. The molecular weight excluding hydrogens is 328 g/mol. The molecule has 0 bridgehead atoms. The van der Waals surface area contributed by atoms with Gasteiger partial charge in [-0.15, -0.1) is 0 Å². The van der Waals surface area contributed by atoms with Gasteiger partial charge in [-0.1, -0.05) is 0 Å². The third-order valence-electron chi connectivity index (χ3n) is 3.57. The standard InChI is InChI=1S/C16H18N4O5/c1-19-10-2-3-13(19)14(21)8-9-17-15(22)16(23)18-11-4-6-12(7-5-11)20(24)25/h2-7,10,14,21H,8-9H2,1H3,(H,17,22)(H,18,23). The average Bonchev–Trinajstić information content (AvgIpc) is 3.01. The van der Waals surface area contributed by atoms with Crippen molar-refractivity contribution in [3.05, 3.63) is 58.4 Å². The molecule has 2 amide bonds. The van der Waals surface area contributed by atoms with Crippen LogP contribution in [-0.2, 0) is 16.6 Å². The van der Waals surface area contributed by atoms with Crippen molar-refractivity contribution < 1.29 is 19.6 Å². The molecule has 1 aromatic carbocycles. The van der Waals surface area contributed by atoms with E-state index >= 15 is 0 Å². The van der Waals surface area contributed by atoms with Crippen LogP contribution in [0.4, 0.5) is 11.4 Å². The van der Waals surface area contributed by atoms with Gasteiger partial charge in [-0.05, 0) is 30.7 Å². The van der Waals surface area contributed by atoms with E-state index in [9.17, 15) is 24.8 Å². The van der Waals surface area contributed by atoms with Crippen molar-refractivity contribution in [3.63, 3.8) is 0 Å². The van der Waals surface area contributed by atoms with E-state index in [2.05, 4.69) is 10.6 Å². The number of carbonyl (C=O) groups excluding carboxylic acids is 2. The first kappa shape index (κ1) is 18.1. The maximum Gasteiger partial charge on any atom is 0.313 e. The molecule has 9 heteroatoms. The van der Waals surface area contributed by atoms with Crippen LogP contribution in [0.5, 0.6) is 0 Å². The first-order valence-corrected chi connectivity index (χ1v) is 7.51. The second-order valence-corrected chi connectivity index (χ2v) is 5.36. The Balaban J connectivity index is 1.79. The zero-order valence-corrected chi connectivity index (χ0v) is 13.5. The number of aliphatic hydroxyl groups is 1. The minimum absolute atomic E-state index is 0.114. The predicted octanol–water partition coefficient (Wildman–Crippen LogP) is 1.11. The number of aryl methyl sites for hydroxylation is 1. The number of benzene rings is 1. The van der Waals surface area contributed by atoms with Gasteiger partial charge in [0.25, 0.3) is 5.69 Å². The number of aromatic nitrogens is 1. The minimum Gasteiger partial charge on any atom is -0.387 e. The Kier molecular flexibility index (Phi) is 5.85. The van der Waals surface area contributed by atoms with Gasteiger partial charge in [0, 0.05) is 43.3 Å². The topological polar surface area (TPSA) is 126 Å². The lowest BCUT2D eigenvalue weighted by Crippen LogP contribution is -2.36. The Bertz CT molecular complexity index is 769. The third kappa shape index (κ3) is 4.88. The van der Waals surface area contributed by atoms with Crippen molar-refractivity contribution in [2.45, 2.75) is 12.5 Å². The number of amides is 2. The van der Waals surface area contributed by atoms with Crippen LogP contribution in [0.25, 0.3) is 0 Å². The van der Waals surface area contributed by atoms with Crippen molar-refractivity contribution in [2.24, 2.45) is 7.05 Å². The Labute approximate surface area is 143 Å². The summed E-state index contributed by atoms with van der Waals surface area (Å²) in [5.74, 6) is -1.74. The Hall–Kier alpha value is -3.20. The quantitative estimate of drug-likeness (QED) is 0.410. The Morgan fingerprint density at radius 3 is 2.48 bits per heavy atom. The van der Waals surface area contributed by atoms with Gasteiger partial charge in [-0.3, -0.25) is 19.7 Å². The van der Waals surface area contributed by atoms with E-state index in [-0.39, 0.29) is 24.3 Å². The van der Waals surface area contributed by atoms with Gasteiger partial charge in [0.15, 0.2) is 0 Å². The molecule has 0 spiro atoms. The number of nitrogens with zero attached hydrogens (tertiary/aromatic N) is 2. The number of aliphatic hydroxyl groups excluding tert-OH is 1. The molecule has 0 saturated carbocycles. The molecule has 1 unspecified atom stereocenters. The summed E-state index contributed by atoms with van der Waals surface area (Å²) >= 11 is 0. The summed E-state index contributed by atoms with van der Waals surface area (Å²) in [6.45, 7) is 0.124. The highest BCUT2D eigenvalue weighted by molar-refractivity contribution is 6.39. The molecule has 2 aromatic rings. The van der Waals surface area contributed by atoms with Crippen LogP contribution < -0.4 is 10.6 Å². The maximum absolute atomic E-state index is 11.8. The van der Waals surface area contributed by atoms with Crippen LogP contribution in [-0.4, -0.2) is 33.0 Å². The molecule has 25 heavy (non-hydrogen) atoms. The predicted molar refractivity (Wildman–Crippen MR) is 89.7 cm³/mol. The number of carbonyl (C=O) groups is 2. The van der Waals surface area contributed by atoms with Crippen molar-refractivity contribution in [1.82, 2.24) is 9.88 Å². The van der Waals surface area contributed by atoms with Crippen LogP contribution >= 0.6 is 0 Å². The average molecular weight is 346 g/mol. The number of non-ortho nitro benzene ring substituents is 1. The summed E-state index contributed by atoms with van der Waals surface area (Å²) < 4.78 is 1.77. The number of nitrogens with one attached hydrogen (secondary N) is 2. The van der Waals surface area contributed by atoms with Crippen LogP contribution in [0.15, 0.2) is 42.6 Å². The second kappa shape index (κ2) is 8.06. The van der Waals surface area contributed by atoms with Crippen LogP contribution in [0.3, 0.4) is 0 Å². The molecule has 0 aliphatic carbocycles. The van der Waals surface area contributed by atoms with E-state index in [4.69, 9.17) is 0 Å². The monoisotopic (exact) mass is 346 g/mol. The van der Waals surface area contributed by atoms with E-state index in [1.165, 1.54) is 24.3 Å². The first-order chi connectivity index (χ1) is 11.9. The smallest absolute Gasteiger partial charge is 0.313 e. The summed E-state index contributed by atoms with van der Waals surface area (Å²) in [4.78, 5) is 33.5. The minimum atomic E-state index is -0.887. The molecule has 0 radical (unpaired) electrons. The fourth-order valence-corrected chi connectivity index (χ4v) is 2.23. The van der Waals surface area contributed by atoms with E-state index in [1.54, 1.807) is 29.9 Å². The van der Waals surface area contributed by atoms with Crippen LogP contribution in [0, 0.1) is 10.1 Å². The van der Waals surface area contributed by atoms with Gasteiger partial charge in [0.2, 0.25) is 0 Å². The third-order valence-corrected chi connectivity index (χ3v) is 3.57.